The Balaban J connectivity index is 1.80. The molecular formula is C19H22N6O2. The Kier molecular flexibility index (Phi) is 4.41. The molecule has 1 atom stereocenters. The van der Waals surface area contributed by atoms with Gasteiger partial charge in [-0.2, -0.15) is 0 Å². The summed E-state index contributed by atoms with van der Waals surface area (Å²) in [4.78, 5) is 26.3. The number of anilines is 1. The van der Waals surface area contributed by atoms with Crippen LogP contribution in [0.4, 0.5) is 5.82 Å². The normalized spacial score (nSPS) is 17.9. The van der Waals surface area contributed by atoms with Crippen molar-refractivity contribution < 1.29 is 5.11 Å². The highest BCUT2D eigenvalue weighted by atomic mass is 16.3. The van der Waals surface area contributed by atoms with Gasteiger partial charge in [-0.15, -0.1) is 0 Å². The number of likely N-dealkylation sites (N-methyl/N-ethyl adjacent to an activating group) is 1. The van der Waals surface area contributed by atoms with Gasteiger partial charge in [-0.25, -0.2) is 9.97 Å². The maximum absolute atomic E-state index is 12.6. The highest BCUT2D eigenvalue weighted by Gasteiger charge is 2.22. The van der Waals surface area contributed by atoms with E-state index in [0.717, 1.165) is 31.5 Å². The number of nitrogens with zero attached hydrogens (tertiary/aromatic N) is 4. The average Bonchev–Trinajstić information content (AvgIpc) is 3.19. The summed E-state index contributed by atoms with van der Waals surface area (Å²) in [6, 6.07) is 5.19. The molecule has 4 N–H and O–H groups in total. The van der Waals surface area contributed by atoms with Crippen molar-refractivity contribution in [2.45, 2.75) is 18.9 Å². The van der Waals surface area contributed by atoms with Gasteiger partial charge in [-0.05, 0) is 44.6 Å². The first-order valence-corrected chi connectivity index (χ1v) is 8.93. The molecule has 3 aromatic rings. The summed E-state index contributed by atoms with van der Waals surface area (Å²) in [5.74, 6) is 0.693. The molecule has 0 aliphatic carbocycles. The molecule has 4 rings (SSSR count). The zero-order chi connectivity index (χ0) is 19.0. The van der Waals surface area contributed by atoms with E-state index in [-0.39, 0.29) is 23.2 Å². The lowest BCUT2D eigenvalue weighted by atomic mass is 10.0. The van der Waals surface area contributed by atoms with Gasteiger partial charge in [-0.3, -0.25) is 4.79 Å². The molecule has 0 bridgehead atoms. The number of rotatable bonds is 3. The number of aromatic amines is 1. The Morgan fingerprint density at radius 3 is 2.96 bits per heavy atom. The maximum Gasteiger partial charge on any atom is 0.293 e. The van der Waals surface area contributed by atoms with Crippen molar-refractivity contribution >= 4 is 5.82 Å². The molecular weight excluding hydrogens is 344 g/mol. The van der Waals surface area contributed by atoms with Crippen LogP contribution < -0.4 is 11.3 Å². The lowest BCUT2D eigenvalue weighted by Gasteiger charge is -2.31. The van der Waals surface area contributed by atoms with Gasteiger partial charge in [0, 0.05) is 42.3 Å². The Hall–Kier alpha value is -3.13. The van der Waals surface area contributed by atoms with Crippen molar-refractivity contribution in [1.29, 1.82) is 0 Å². The molecule has 0 saturated carbocycles. The van der Waals surface area contributed by atoms with Gasteiger partial charge in [0.25, 0.3) is 5.56 Å². The molecule has 1 unspecified atom stereocenters. The molecule has 1 saturated heterocycles. The number of phenols is 1. The van der Waals surface area contributed by atoms with Gasteiger partial charge in [0.1, 0.15) is 11.6 Å². The topological polar surface area (TPSA) is 113 Å². The third-order valence-corrected chi connectivity index (χ3v) is 4.99. The lowest BCUT2D eigenvalue weighted by Crippen LogP contribution is -2.38. The highest BCUT2D eigenvalue weighted by Crippen LogP contribution is 2.32. The van der Waals surface area contributed by atoms with Gasteiger partial charge < -0.3 is 25.3 Å². The molecule has 0 radical (unpaired) electrons. The van der Waals surface area contributed by atoms with Crippen LogP contribution in [0.5, 0.6) is 5.75 Å². The van der Waals surface area contributed by atoms with E-state index in [0.29, 0.717) is 17.1 Å². The summed E-state index contributed by atoms with van der Waals surface area (Å²) in [7, 11) is 2.04. The second-order valence-corrected chi connectivity index (χ2v) is 6.95. The van der Waals surface area contributed by atoms with Crippen molar-refractivity contribution in [1.82, 2.24) is 24.4 Å². The number of nitrogens with one attached hydrogen (secondary N) is 1. The number of aromatic hydroxyl groups is 1. The molecule has 140 valence electrons. The van der Waals surface area contributed by atoms with Gasteiger partial charge in [0.15, 0.2) is 5.82 Å². The Morgan fingerprint density at radius 1 is 1.37 bits per heavy atom. The predicted octanol–water partition coefficient (Wildman–Crippen LogP) is 1.85. The Morgan fingerprint density at radius 2 is 2.22 bits per heavy atom. The molecule has 1 aliphatic heterocycles. The van der Waals surface area contributed by atoms with Gasteiger partial charge in [0.05, 0.1) is 5.69 Å². The van der Waals surface area contributed by atoms with E-state index in [1.54, 1.807) is 41.4 Å². The average molecular weight is 366 g/mol. The van der Waals surface area contributed by atoms with Gasteiger partial charge in [-0.1, -0.05) is 0 Å². The standard InChI is InChI=1S/C19H22N6O2/c1-24-8-2-3-13(10-24)25-11-15(23-17(20)19(25)27)14-9-12(4-5-16(14)26)18-21-6-7-22-18/h4-7,9,11,13,26H,2-3,8,10H2,1H3,(H2,20,23)(H,21,22). The van der Waals surface area contributed by atoms with Crippen molar-refractivity contribution in [3.05, 3.63) is 47.1 Å². The van der Waals surface area contributed by atoms with Crippen LogP contribution in [0.3, 0.4) is 0 Å². The summed E-state index contributed by atoms with van der Waals surface area (Å²) >= 11 is 0. The number of nitrogens with two attached hydrogens (primary N) is 1. The Bertz CT molecular complexity index is 1010. The third kappa shape index (κ3) is 3.31. The molecule has 8 heteroatoms. The van der Waals surface area contributed by atoms with Crippen molar-refractivity contribution in [2.24, 2.45) is 0 Å². The van der Waals surface area contributed by atoms with Gasteiger partial charge >= 0.3 is 0 Å². The summed E-state index contributed by atoms with van der Waals surface area (Å²) in [5.41, 5.74) is 7.41. The number of imidazole rings is 1. The fourth-order valence-corrected chi connectivity index (χ4v) is 3.61. The van der Waals surface area contributed by atoms with Crippen LogP contribution in [0.2, 0.25) is 0 Å². The van der Waals surface area contributed by atoms with Crippen LogP contribution in [-0.2, 0) is 0 Å². The molecule has 3 heterocycles. The molecule has 0 amide bonds. The van der Waals surface area contributed by atoms with Crippen LogP contribution in [0.25, 0.3) is 22.6 Å². The quantitative estimate of drug-likeness (QED) is 0.652. The molecule has 1 fully saturated rings. The van der Waals surface area contributed by atoms with Crippen LogP contribution in [0, 0.1) is 0 Å². The van der Waals surface area contributed by atoms with Gasteiger partial charge in [0.2, 0.25) is 0 Å². The van der Waals surface area contributed by atoms with E-state index in [2.05, 4.69) is 19.9 Å². The van der Waals surface area contributed by atoms with Crippen LogP contribution in [-0.4, -0.2) is 49.7 Å². The van der Waals surface area contributed by atoms with Crippen LogP contribution in [0.1, 0.15) is 18.9 Å². The van der Waals surface area contributed by atoms with Crippen LogP contribution >= 0.6 is 0 Å². The highest BCUT2D eigenvalue weighted by molar-refractivity contribution is 5.73. The van der Waals surface area contributed by atoms with E-state index in [1.165, 1.54) is 0 Å². The number of H-pyrrole nitrogens is 1. The minimum atomic E-state index is -0.291. The number of nitrogen functional groups attached to an aromatic ring is 1. The molecule has 1 aromatic carbocycles. The fraction of sp³-hybridized carbons (Fsp3) is 0.316. The van der Waals surface area contributed by atoms with E-state index < -0.39 is 0 Å². The number of benzene rings is 1. The molecule has 8 nitrogen and oxygen atoms in total. The van der Waals surface area contributed by atoms with Crippen molar-refractivity contribution in [2.75, 3.05) is 25.9 Å². The molecule has 27 heavy (non-hydrogen) atoms. The number of hydrogen-bond donors (Lipinski definition) is 3. The Labute approximate surface area is 156 Å². The second-order valence-electron chi connectivity index (χ2n) is 6.95. The predicted molar refractivity (Wildman–Crippen MR) is 103 cm³/mol. The summed E-state index contributed by atoms with van der Waals surface area (Å²) in [6.07, 6.45) is 7.02. The fourth-order valence-electron chi connectivity index (χ4n) is 3.61. The molecule has 1 aliphatic rings. The maximum atomic E-state index is 12.6. The summed E-state index contributed by atoms with van der Waals surface area (Å²) in [6.45, 7) is 1.80. The zero-order valence-corrected chi connectivity index (χ0v) is 15.1. The zero-order valence-electron chi connectivity index (χ0n) is 15.1. The summed E-state index contributed by atoms with van der Waals surface area (Å²) in [5, 5.41) is 10.4. The monoisotopic (exact) mass is 366 g/mol. The first-order valence-electron chi connectivity index (χ1n) is 8.93. The minimum Gasteiger partial charge on any atom is -0.507 e. The van der Waals surface area contributed by atoms with E-state index in [4.69, 9.17) is 5.73 Å². The second kappa shape index (κ2) is 6.88. The number of phenolic OH excluding ortho intramolecular Hbond substituents is 1. The van der Waals surface area contributed by atoms with Crippen molar-refractivity contribution in [3.63, 3.8) is 0 Å². The van der Waals surface area contributed by atoms with E-state index in [1.807, 2.05) is 7.05 Å². The first kappa shape index (κ1) is 17.3. The summed E-state index contributed by atoms with van der Waals surface area (Å²) < 4.78 is 1.66. The first-order chi connectivity index (χ1) is 13.0. The number of hydrogen-bond acceptors (Lipinski definition) is 6. The van der Waals surface area contributed by atoms with Crippen molar-refractivity contribution in [3.8, 4) is 28.4 Å². The van der Waals surface area contributed by atoms with Crippen LogP contribution in [0.15, 0.2) is 41.6 Å². The molecule has 0 spiro atoms. The SMILES string of the molecule is CN1CCCC(n2cc(-c3cc(-c4ncc[nH]4)ccc3O)nc(N)c2=O)C1. The smallest absolute Gasteiger partial charge is 0.293 e. The largest absolute Gasteiger partial charge is 0.507 e. The molecule has 2 aromatic heterocycles. The number of likely N-dealkylation sites (tertiary alicyclic amines) is 1. The number of piperidine rings is 1. The van der Waals surface area contributed by atoms with E-state index >= 15 is 0 Å². The third-order valence-electron chi connectivity index (χ3n) is 4.99. The number of aromatic nitrogens is 4. The minimum absolute atomic E-state index is 0.0377. The lowest BCUT2D eigenvalue weighted by molar-refractivity contribution is 0.209. The van der Waals surface area contributed by atoms with E-state index in [9.17, 15) is 9.90 Å².